The van der Waals surface area contributed by atoms with Gasteiger partial charge in [-0.15, -0.1) is 0 Å². The molecule has 32 heavy (non-hydrogen) atoms. The zero-order valence-corrected chi connectivity index (χ0v) is 19.0. The maximum absolute atomic E-state index is 13.2. The van der Waals surface area contributed by atoms with Crippen molar-refractivity contribution >= 4 is 39.2 Å². The Labute approximate surface area is 190 Å². The van der Waals surface area contributed by atoms with Gasteiger partial charge in [0.15, 0.2) is 6.10 Å². The van der Waals surface area contributed by atoms with Gasteiger partial charge in [0, 0.05) is 13.1 Å². The fourth-order valence-electron chi connectivity index (χ4n) is 3.02. The molecule has 1 atom stereocenters. The summed E-state index contributed by atoms with van der Waals surface area (Å²) in [5, 5.41) is 2.45. The Morgan fingerprint density at radius 3 is 2.53 bits per heavy atom. The van der Waals surface area contributed by atoms with Crippen LogP contribution < -0.4 is 5.32 Å². The Hall–Kier alpha value is -2.53. The third-order valence-electron chi connectivity index (χ3n) is 4.88. The molecule has 0 radical (unpaired) electrons. The van der Waals surface area contributed by atoms with Crippen LogP contribution in [-0.2, 0) is 24.3 Å². The third kappa shape index (κ3) is 5.44. The maximum Gasteiger partial charge on any atom is 0.339 e. The molecule has 0 saturated carbocycles. The van der Waals surface area contributed by atoms with Crippen molar-refractivity contribution in [3.8, 4) is 0 Å². The van der Waals surface area contributed by atoms with Gasteiger partial charge in [0.1, 0.15) is 5.82 Å². The number of rotatable bonds is 6. The van der Waals surface area contributed by atoms with Gasteiger partial charge in [-0.25, -0.2) is 17.6 Å². The molecule has 1 aliphatic heterocycles. The van der Waals surface area contributed by atoms with Crippen LogP contribution in [0.25, 0.3) is 0 Å². The molecule has 0 bridgehead atoms. The third-order valence-corrected chi connectivity index (χ3v) is 7.09. The Bertz CT molecular complexity index is 1140. The summed E-state index contributed by atoms with van der Waals surface area (Å²) in [5.41, 5.74) is 0.680. The van der Waals surface area contributed by atoms with Gasteiger partial charge in [-0.3, -0.25) is 4.79 Å². The molecule has 3 rings (SSSR count). The summed E-state index contributed by atoms with van der Waals surface area (Å²) in [6.45, 7) is 4.02. The van der Waals surface area contributed by atoms with Crippen molar-refractivity contribution in [2.45, 2.75) is 24.8 Å². The van der Waals surface area contributed by atoms with Gasteiger partial charge in [-0.2, -0.15) is 4.31 Å². The van der Waals surface area contributed by atoms with Crippen molar-refractivity contribution in [1.29, 1.82) is 0 Å². The number of aryl methyl sites for hydroxylation is 1. The SMILES string of the molecule is Cc1ccc(S(=O)(=O)N2CCOCC2)cc1C(=O)O[C@@H](C)C(=O)Nc1ccc(F)cc1Cl. The predicted molar refractivity (Wildman–Crippen MR) is 116 cm³/mol. The lowest BCUT2D eigenvalue weighted by Gasteiger charge is -2.26. The van der Waals surface area contributed by atoms with E-state index in [9.17, 15) is 22.4 Å². The summed E-state index contributed by atoms with van der Waals surface area (Å²) in [5.74, 6) is -2.09. The van der Waals surface area contributed by atoms with Crippen LogP contribution in [0.5, 0.6) is 0 Å². The van der Waals surface area contributed by atoms with E-state index in [2.05, 4.69) is 5.32 Å². The number of halogens is 2. The van der Waals surface area contributed by atoms with Gasteiger partial charge in [-0.1, -0.05) is 17.7 Å². The molecule has 11 heteroatoms. The summed E-state index contributed by atoms with van der Waals surface area (Å²) in [4.78, 5) is 25.0. The number of esters is 1. The number of carbonyl (C=O) groups is 2. The molecular weight excluding hydrogens is 463 g/mol. The minimum absolute atomic E-state index is 0.00579. The molecule has 8 nitrogen and oxygen atoms in total. The first-order chi connectivity index (χ1) is 15.1. The molecule has 0 aromatic heterocycles. The van der Waals surface area contributed by atoms with Crippen LogP contribution in [0, 0.1) is 12.7 Å². The largest absolute Gasteiger partial charge is 0.449 e. The number of morpholine rings is 1. The van der Waals surface area contributed by atoms with Crippen LogP contribution in [0.15, 0.2) is 41.3 Å². The van der Waals surface area contributed by atoms with E-state index in [0.29, 0.717) is 18.8 Å². The minimum Gasteiger partial charge on any atom is -0.449 e. The van der Waals surface area contributed by atoms with Gasteiger partial charge in [0.25, 0.3) is 5.91 Å². The number of hydrogen-bond donors (Lipinski definition) is 1. The van der Waals surface area contributed by atoms with Gasteiger partial charge in [0.2, 0.25) is 10.0 Å². The average molecular weight is 485 g/mol. The quantitative estimate of drug-likeness (QED) is 0.632. The van der Waals surface area contributed by atoms with Crippen molar-refractivity contribution in [2.75, 3.05) is 31.6 Å². The zero-order valence-electron chi connectivity index (χ0n) is 17.4. The highest BCUT2D eigenvalue weighted by molar-refractivity contribution is 7.89. The van der Waals surface area contributed by atoms with Gasteiger partial charge >= 0.3 is 5.97 Å². The van der Waals surface area contributed by atoms with Crippen molar-refractivity contribution in [2.24, 2.45) is 0 Å². The van der Waals surface area contributed by atoms with Crippen molar-refractivity contribution in [3.05, 3.63) is 58.4 Å². The number of anilines is 1. The fourth-order valence-corrected chi connectivity index (χ4v) is 4.67. The molecule has 1 N–H and O–H groups in total. The number of ether oxygens (including phenoxy) is 2. The molecular formula is C21H22ClFN2O6S. The van der Waals surface area contributed by atoms with E-state index in [-0.39, 0.29) is 34.3 Å². The second-order valence-electron chi connectivity index (χ2n) is 7.15. The maximum atomic E-state index is 13.2. The molecule has 0 spiro atoms. The number of nitrogens with zero attached hydrogens (tertiary/aromatic N) is 1. The first-order valence-electron chi connectivity index (χ1n) is 9.75. The van der Waals surface area contributed by atoms with Crippen LogP contribution >= 0.6 is 11.6 Å². The fraction of sp³-hybridized carbons (Fsp3) is 0.333. The van der Waals surface area contributed by atoms with Crippen molar-refractivity contribution < 1.29 is 31.9 Å². The van der Waals surface area contributed by atoms with E-state index in [1.807, 2.05) is 0 Å². The van der Waals surface area contributed by atoms with Crippen LogP contribution in [0.4, 0.5) is 10.1 Å². The molecule has 0 unspecified atom stereocenters. The highest BCUT2D eigenvalue weighted by Gasteiger charge is 2.28. The Kier molecular flexibility index (Phi) is 7.50. The first kappa shape index (κ1) is 24.1. The average Bonchev–Trinajstić information content (AvgIpc) is 2.76. The molecule has 1 amide bonds. The van der Waals surface area contributed by atoms with Crippen LogP contribution in [0.1, 0.15) is 22.8 Å². The predicted octanol–water partition coefficient (Wildman–Crippen LogP) is 2.99. The standard InChI is InChI=1S/C21H22ClFN2O6S/c1-13-3-5-16(32(28,29)25-7-9-30-10-8-25)12-17(13)21(27)31-14(2)20(26)24-19-6-4-15(23)11-18(19)22/h3-6,11-12,14H,7-10H2,1-2H3,(H,24,26)/t14-/m0/s1. The second-order valence-corrected chi connectivity index (χ2v) is 9.50. The van der Waals surface area contributed by atoms with Gasteiger partial charge < -0.3 is 14.8 Å². The van der Waals surface area contributed by atoms with Crippen molar-refractivity contribution in [1.82, 2.24) is 4.31 Å². The Balaban J connectivity index is 1.74. The molecule has 1 fully saturated rings. The second kappa shape index (κ2) is 9.95. The normalized spacial score (nSPS) is 15.8. The zero-order chi connectivity index (χ0) is 23.5. The van der Waals surface area contributed by atoms with Gasteiger partial charge in [-0.05, 0) is 49.7 Å². The summed E-state index contributed by atoms with van der Waals surface area (Å²) in [6, 6.07) is 7.62. The molecule has 0 aliphatic carbocycles. The number of amides is 1. The lowest BCUT2D eigenvalue weighted by molar-refractivity contribution is -0.123. The number of hydrogen-bond acceptors (Lipinski definition) is 6. The van der Waals surface area contributed by atoms with E-state index in [4.69, 9.17) is 21.1 Å². The lowest BCUT2D eigenvalue weighted by Crippen LogP contribution is -2.40. The van der Waals surface area contributed by atoms with Crippen LogP contribution in [-0.4, -0.2) is 57.0 Å². The minimum atomic E-state index is -3.81. The monoisotopic (exact) mass is 484 g/mol. The summed E-state index contributed by atoms with van der Waals surface area (Å²) in [7, 11) is -3.81. The molecule has 1 aliphatic rings. The molecule has 172 valence electrons. The molecule has 2 aromatic carbocycles. The highest BCUT2D eigenvalue weighted by Crippen LogP contribution is 2.24. The van der Waals surface area contributed by atoms with E-state index in [0.717, 1.165) is 12.1 Å². The highest BCUT2D eigenvalue weighted by atomic mass is 35.5. The Morgan fingerprint density at radius 1 is 1.19 bits per heavy atom. The summed E-state index contributed by atoms with van der Waals surface area (Å²) < 4.78 is 50.6. The number of benzene rings is 2. The Morgan fingerprint density at radius 2 is 1.88 bits per heavy atom. The molecule has 1 saturated heterocycles. The summed E-state index contributed by atoms with van der Waals surface area (Å²) >= 11 is 5.89. The van der Waals surface area contributed by atoms with Crippen molar-refractivity contribution in [3.63, 3.8) is 0 Å². The summed E-state index contributed by atoms with van der Waals surface area (Å²) in [6.07, 6.45) is -1.22. The van der Waals surface area contributed by atoms with E-state index >= 15 is 0 Å². The number of sulfonamides is 1. The van der Waals surface area contributed by atoms with E-state index < -0.39 is 33.8 Å². The van der Waals surface area contributed by atoms with Crippen LogP contribution in [0.3, 0.4) is 0 Å². The van der Waals surface area contributed by atoms with E-state index in [1.165, 1.54) is 35.5 Å². The number of nitrogens with one attached hydrogen (secondary N) is 1. The lowest BCUT2D eigenvalue weighted by atomic mass is 10.1. The smallest absolute Gasteiger partial charge is 0.339 e. The molecule has 1 heterocycles. The first-order valence-corrected chi connectivity index (χ1v) is 11.6. The number of carbonyl (C=O) groups excluding carboxylic acids is 2. The molecule has 2 aromatic rings. The van der Waals surface area contributed by atoms with Gasteiger partial charge in [0.05, 0.1) is 34.4 Å². The van der Waals surface area contributed by atoms with Crippen LogP contribution in [0.2, 0.25) is 5.02 Å². The van der Waals surface area contributed by atoms with E-state index in [1.54, 1.807) is 6.92 Å². The topological polar surface area (TPSA) is 102 Å².